The van der Waals surface area contributed by atoms with Crippen LogP contribution in [0.2, 0.25) is 0 Å². The van der Waals surface area contributed by atoms with E-state index in [4.69, 9.17) is 24.7 Å². The Kier molecular flexibility index (Phi) is 9.89. The van der Waals surface area contributed by atoms with Crippen LogP contribution in [0.4, 0.5) is 0 Å². The van der Waals surface area contributed by atoms with Crippen LogP contribution >= 0.6 is 0 Å². The molecule has 10 N–H and O–H groups in total. The molecule has 0 unspecified atom stereocenters. The Hall–Kier alpha value is -1.50. The van der Waals surface area contributed by atoms with Gasteiger partial charge in [0.15, 0.2) is 6.29 Å². The van der Waals surface area contributed by atoms with Gasteiger partial charge >= 0.3 is 5.97 Å². The number of nitrogens with one attached hydrogen (secondary N) is 1. The molecule has 0 aromatic heterocycles. The fourth-order valence-electron chi connectivity index (χ4n) is 3.44. The first-order chi connectivity index (χ1) is 15.4. The van der Waals surface area contributed by atoms with Crippen molar-refractivity contribution in [3.63, 3.8) is 0 Å². The van der Waals surface area contributed by atoms with E-state index < -0.39 is 98.6 Å². The molecule has 33 heavy (non-hydrogen) atoms. The van der Waals surface area contributed by atoms with E-state index in [0.717, 1.165) is 6.92 Å². The Morgan fingerprint density at radius 1 is 0.970 bits per heavy atom. The summed E-state index contributed by atoms with van der Waals surface area (Å²) in [6, 6.07) is -2.91. The Bertz CT molecular complexity index is 665. The molecule has 0 radical (unpaired) electrons. The second-order valence-electron chi connectivity index (χ2n) is 7.94. The van der Waals surface area contributed by atoms with Crippen molar-refractivity contribution in [2.75, 3.05) is 13.2 Å². The molecule has 0 saturated carbocycles. The van der Waals surface area contributed by atoms with Crippen molar-refractivity contribution in [1.82, 2.24) is 5.32 Å². The summed E-state index contributed by atoms with van der Waals surface area (Å²) in [5.41, 5.74) is 5.55. The van der Waals surface area contributed by atoms with E-state index in [1.165, 1.54) is 6.92 Å². The minimum absolute atomic E-state index is 0.665. The van der Waals surface area contributed by atoms with Crippen molar-refractivity contribution < 1.29 is 64.3 Å². The molecule has 0 aromatic rings. The number of hydrogen-bond acceptors (Lipinski definition) is 14. The van der Waals surface area contributed by atoms with Crippen LogP contribution in [0.5, 0.6) is 0 Å². The molecule has 1 amide bonds. The SMILES string of the molecule is CC(=O)N[C@H]1[C@@H](OC(=O)[C@@H](N)[C@@H](C)O)O[C@H](CO)[C@H](O)[C@@H]1O[C@@H]1O[C@H](CO)[C@H](O)[C@H](O)[C@H]1O. The summed E-state index contributed by atoms with van der Waals surface area (Å²) in [7, 11) is 0. The van der Waals surface area contributed by atoms with Crippen molar-refractivity contribution in [2.45, 2.75) is 87.3 Å². The summed E-state index contributed by atoms with van der Waals surface area (Å²) in [6.45, 7) is 0.826. The van der Waals surface area contributed by atoms with Gasteiger partial charge in [-0.15, -0.1) is 0 Å². The van der Waals surface area contributed by atoms with E-state index in [1.54, 1.807) is 0 Å². The van der Waals surface area contributed by atoms with Crippen molar-refractivity contribution in [3.8, 4) is 0 Å². The van der Waals surface area contributed by atoms with Gasteiger partial charge in [-0.2, -0.15) is 0 Å². The molecule has 2 fully saturated rings. The third-order valence-electron chi connectivity index (χ3n) is 5.39. The molecule has 2 saturated heterocycles. The summed E-state index contributed by atoms with van der Waals surface area (Å²) in [5, 5.41) is 71.6. The van der Waals surface area contributed by atoms with E-state index in [-0.39, 0.29) is 0 Å². The average molecular weight is 484 g/mol. The Labute approximate surface area is 188 Å². The molecule has 2 aliphatic rings. The number of nitrogens with two attached hydrogens (primary N) is 1. The Balaban J connectivity index is 2.33. The number of rotatable bonds is 8. The van der Waals surface area contributed by atoms with E-state index in [0.29, 0.717) is 0 Å². The minimum atomic E-state index is -1.84. The molecular formula is C18H32N2O13. The number of aliphatic hydroxyl groups excluding tert-OH is 7. The van der Waals surface area contributed by atoms with Gasteiger partial charge in [0.2, 0.25) is 12.2 Å². The van der Waals surface area contributed by atoms with Crippen molar-refractivity contribution >= 4 is 11.9 Å². The fraction of sp³-hybridized carbons (Fsp3) is 0.889. The third-order valence-corrected chi connectivity index (χ3v) is 5.39. The summed E-state index contributed by atoms with van der Waals surface area (Å²) < 4.78 is 21.4. The highest BCUT2D eigenvalue weighted by Crippen LogP contribution is 2.30. The number of carbonyl (C=O) groups excluding carboxylic acids is 2. The summed E-state index contributed by atoms with van der Waals surface area (Å²) in [5.74, 6) is -1.79. The molecule has 12 atom stereocenters. The van der Waals surface area contributed by atoms with E-state index >= 15 is 0 Å². The first kappa shape index (κ1) is 27.7. The lowest BCUT2D eigenvalue weighted by molar-refractivity contribution is -0.342. The van der Waals surface area contributed by atoms with Crippen LogP contribution in [0.15, 0.2) is 0 Å². The minimum Gasteiger partial charge on any atom is -0.432 e. The van der Waals surface area contributed by atoms with E-state index in [9.17, 15) is 45.3 Å². The lowest BCUT2D eigenvalue weighted by Gasteiger charge is -2.47. The normalized spacial score (nSPS) is 41.2. The van der Waals surface area contributed by atoms with Crippen LogP contribution in [0, 0.1) is 0 Å². The summed E-state index contributed by atoms with van der Waals surface area (Å²) in [6.07, 6.45) is -15.9. The first-order valence-corrected chi connectivity index (χ1v) is 10.2. The fourth-order valence-corrected chi connectivity index (χ4v) is 3.44. The summed E-state index contributed by atoms with van der Waals surface area (Å²) in [4.78, 5) is 24.0. The molecule has 15 nitrogen and oxygen atoms in total. The molecule has 15 heteroatoms. The van der Waals surface area contributed by atoms with Crippen molar-refractivity contribution in [2.24, 2.45) is 5.73 Å². The lowest BCUT2D eigenvalue weighted by atomic mass is 9.95. The Morgan fingerprint density at radius 3 is 2.03 bits per heavy atom. The van der Waals surface area contributed by atoms with Gasteiger partial charge in [0, 0.05) is 6.92 Å². The Morgan fingerprint density at radius 2 is 1.52 bits per heavy atom. The zero-order chi connectivity index (χ0) is 25.0. The summed E-state index contributed by atoms with van der Waals surface area (Å²) >= 11 is 0. The number of esters is 1. The first-order valence-electron chi connectivity index (χ1n) is 10.2. The predicted molar refractivity (Wildman–Crippen MR) is 104 cm³/mol. The number of aliphatic hydroxyl groups is 7. The van der Waals surface area contributed by atoms with Crippen LogP contribution in [0.1, 0.15) is 13.8 Å². The van der Waals surface area contributed by atoms with E-state index in [1.807, 2.05) is 0 Å². The van der Waals surface area contributed by atoms with Gasteiger partial charge in [-0.05, 0) is 6.92 Å². The van der Waals surface area contributed by atoms with Crippen LogP contribution in [0.3, 0.4) is 0 Å². The van der Waals surface area contributed by atoms with Gasteiger partial charge in [0.25, 0.3) is 0 Å². The zero-order valence-electron chi connectivity index (χ0n) is 18.0. The largest absolute Gasteiger partial charge is 0.432 e. The van der Waals surface area contributed by atoms with Crippen LogP contribution in [-0.2, 0) is 28.5 Å². The van der Waals surface area contributed by atoms with Crippen LogP contribution in [-0.4, -0.2) is 134 Å². The molecular weight excluding hydrogens is 452 g/mol. The van der Waals surface area contributed by atoms with Gasteiger partial charge in [-0.1, -0.05) is 0 Å². The number of amides is 1. The monoisotopic (exact) mass is 484 g/mol. The molecule has 0 spiro atoms. The van der Waals surface area contributed by atoms with Crippen LogP contribution < -0.4 is 11.1 Å². The molecule has 192 valence electrons. The second kappa shape index (κ2) is 11.8. The maximum absolute atomic E-state index is 12.3. The van der Waals surface area contributed by atoms with Gasteiger partial charge in [0.05, 0.1) is 19.3 Å². The van der Waals surface area contributed by atoms with Gasteiger partial charge in [-0.3, -0.25) is 9.59 Å². The highest BCUT2D eigenvalue weighted by Gasteiger charge is 2.52. The maximum atomic E-state index is 12.3. The third kappa shape index (κ3) is 6.34. The topological polar surface area (TPSA) is 251 Å². The average Bonchev–Trinajstić information content (AvgIpc) is 2.76. The van der Waals surface area contributed by atoms with E-state index in [2.05, 4.69) is 5.32 Å². The highest BCUT2D eigenvalue weighted by molar-refractivity contribution is 5.76. The number of ether oxygens (including phenoxy) is 4. The quantitative estimate of drug-likeness (QED) is 0.145. The molecule has 2 aliphatic heterocycles. The standard InChI is InChI=1S/C18H32N2O13/c1-5(23)9(19)16(29)33-17-10(20-6(2)24)15(12(26)8(4-22)30-17)32-18-14(28)13(27)11(25)7(3-21)31-18/h5,7-15,17-18,21-23,25-28H,3-4,19H2,1-2H3,(H,20,24)/t5-,7-,8-,9+,10-,11+,12+,13+,14-,15-,17-,18+/m1/s1. The molecule has 0 aromatic carbocycles. The smallest absolute Gasteiger partial charge is 0.327 e. The molecule has 2 rings (SSSR count). The molecule has 2 heterocycles. The number of hydrogen-bond donors (Lipinski definition) is 9. The molecule has 0 aliphatic carbocycles. The second-order valence-corrected chi connectivity index (χ2v) is 7.94. The van der Waals surface area contributed by atoms with Crippen molar-refractivity contribution in [1.29, 1.82) is 0 Å². The van der Waals surface area contributed by atoms with Crippen LogP contribution in [0.25, 0.3) is 0 Å². The zero-order valence-corrected chi connectivity index (χ0v) is 18.0. The van der Waals surface area contributed by atoms with Crippen molar-refractivity contribution in [3.05, 3.63) is 0 Å². The van der Waals surface area contributed by atoms with Gasteiger partial charge in [-0.25, -0.2) is 0 Å². The lowest BCUT2D eigenvalue weighted by Crippen LogP contribution is -2.68. The van der Waals surface area contributed by atoms with Gasteiger partial charge in [0.1, 0.15) is 54.8 Å². The predicted octanol–water partition coefficient (Wildman–Crippen LogP) is -5.99. The maximum Gasteiger partial charge on any atom is 0.327 e. The van der Waals surface area contributed by atoms with Gasteiger partial charge < -0.3 is 65.7 Å². The highest BCUT2D eigenvalue weighted by atomic mass is 16.7. The molecule has 0 bridgehead atoms. The number of carbonyl (C=O) groups is 2.